The molecule has 0 unspecified atom stereocenters. The Morgan fingerprint density at radius 2 is 2.12 bits per heavy atom. The van der Waals surface area contributed by atoms with Crippen LogP contribution in [-0.2, 0) is 4.74 Å². The molecule has 1 fully saturated rings. The molecule has 1 saturated heterocycles. The van der Waals surface area contributed by atoms with Crippen molar-refractivity contribution in [2.24, 2.45) is 0 Å². The quantitative estimate of drug-likeness (QED) is 0.318. The second-order valence-electron chi connectivity index (χ2n) is 5.64. The Hall–Kier alpha value is -1.46. The monoisotopic (exact) mass is 355 g/mol. The van der Waals surface area contributed by atoms with E-state index in [9.17, 15) is 15.3 Å². The van der Waals surface area contributed by atoms with Crippen LogP contribution in [0, 0.1) is 0 Å². The van der Waals surface area contributed by atoms with Gasteiger partial charge >= 0.3 is 0 Å². The number of fused-ring (bicyclic) bond motifs is 1. The van der Waals surface area contributed by atoms with Gasteiger partial charge in [0, 0.05) is 0 Å². The molecule has 3 rings (SSSR count). The zero-order valence-electron chi connectivity index (χ0n) is 13.2. The highest BCUT2D eigenvalue weighted by atomic mass is 32.2. The minimum Gasteiger partial charge on any atom is -0.394 e. The molecular weight excluding hydrogens is 334 g/mol. The van der Waals surface area contributed by atoms with E-state index in [0.29, 0.717) is 16.2 Å². The van der Waals surface area contributed by atoms with Gasteiger partial charge in [-0.15, -0.1) is 11.8 Å². The van der Waals surface area contributed by atoms with E-state index >= 15 is 0 Å². The summed E-state index contributed by atoms with van der Waals surface area (Å²) in [5.41, 5.74) is 6.80. The van der Waals surface area contributed by atoms with E-state index in [-0.39, 0.29) is 5.95 Å². The SMILES string of the molecule is CCCCSc1nc(N)nc2c1ncn2[C@H]1O[C@@H](CO)[C@@H](O)[C@H]1O. The van der Waals surface area contributed by atoms with E-state index in [0.717, 1.165) is 18.6 Å². The lowest BCUT2D eigenvalue weighted by Crippen LogP contribution is -2.33. The highest BCUT2D eigenvalue weighted by Gasteiger charge is 2.44. The maximum Gasteiger partial charge on any atom is 0.223 e. The molecule has 1 aliphatic heterocycles. The van der Waals surface area contributed by atoms with Crippen LogP contribution in [0.15, 0.2) is 11.4 Å². The van der Waals surface area contributed by atoms with Gasteiger partial charge in [-0.2, -0.15) is 4.98 Å². The maximum atomic E-state index is 10.2. The number of aliphatic hydroxyl groups excluding tert-OH is 3. The molecule has 2 aromatic rings. The molecule has 0 amide bonds. The van der Waals surface area contributed by atoms with Gasteiger partial charge in [0.1, 0.15) is 28.9 Å². The third-order valence-electron chi connectivity index (χ3n) is 3.93. The van der Waals surface area contributed by atoms with Crippen molar-refractivity contribution in [2.45, 2.75) is 49.3 Å². The number of ether oxygens (including phenoxy) is 1. The Morgan fingerprint density at radius 1 is 1.33 bits per heavy atom. The molecule has 5 N–H and O–H groups in total. The van der Waals surface area contributed by atoms with Crippen molar-refractivity contribution in [3.8, 4) is 0 Å². The molecule has 24 heavy (non-hydrogen) atoms. The minimum atomic E-state index is -1.20. The second-order valence-corrected chi connectivity index (χ2v) is 6.73. The summed E-state index contributed by atoms with van der Waals surface area (Å²) in [6.07, 6.45) is -0.547. The lowest BCUT2D eigenvalue weighted by atomic mass is 10.1. The van der Waals surface area contributed by atoms with Crippen molar-refractivity contribution in [1.82, 2.24) is 19.5 Å². The number of anilines is 1. The number of thioether (sulfide) groups is 1. The van der Waals surface area contributed by atoms with E-state index in [1.54, 1.807) is 11.8 Å². The predicted octanol–water partition coefficient (Wildman–Crippen LogP) is -0.0878. The van der Waals surface area contributed by atoms with E-state index in [1.807, 2.05) is 0 Å². The summed E-state index contributed by atoms with van der Waals surface area (Å²) in [6.45, 7) is 1.72. The summed E-state index contributed by atoms with van der Waals surface area (Å²) in [4.78, 5) is 12.8. The predicted molar refractivity (Wildman–Crippen MR) is 88.4 cm³/mol. The van der Waals surface area contributed by atoms with Gasteiger partial charge in [-0.3, -0.25) is 4.57 Å². The second kappa shape index (κ2) is 7.19. The number of unbranched alkanes of at least 4 members (excludes halogenated alkanes) is 1. The van der Waals surface area contributed by atoms with Crippen molar-refractivity contribution in [1.29, 1.82) is 0 Å². The van der Waals surface area contributed by atoms with Gasteiger partial charge in [-0.1, -0.05) is 13.3 Å². The van der Waals surface area contributed by atoms with Gasteiger partial charge < -0.3 is 25.8 Å². The van der Waals surface area contributed by atoms with Crippen molar-refractivity contribution < 1.29 is 20.1 Å². The Bertz CT molecular complexity index is 712. The molecule has 0 bridgehead atoms. The van der Waals surface area contributed by atoms with Crippen LogP contribution in [0.25, 0.3) is 11.2 Å². The fourth-order valence-corrected chi connectivity index (χ4v) is 3.68. The van der Waals surface area contributed by atoms with Gasteiger partial charge in [0.05, 0.1) is 12.9 Å². The molecule has 4 atom stereocenters. The van der Waals surface area contributed by atoms with Gasteiger partial charge in [0.25, 0.3) is 0 Å². The number of nitrogen functional groups attached to an aromatic ring is 1. The number of nitrogens with two attached hydrogens (primary N) is 1. The van der Waals surface area contributed by atoms with E-state index in [4.69, 9.17) is 10.5 Å². The third-order valence-corrected chi connectivity index (χ3v) is 4.99. The molecule has 2 aromatic heterocycles. The maximum absolute atomic E-state index is 10.2. The highest BCUT2D eigenvalue weighted by molar-refractivity contribution is 7.99. The first-order valence-electron chi connectivity index (χ1n) is 7.82. The fourth-order valence-electron chi connectivity index (χ4n) is 2.62. The summed E-state index contributed by atoms with van der Waals surface area (Å²) in [5.74, 6) is 0.998. The van der Waals surface area contributed by atoms with Gasteiger partial charge in [0.2, 0.25) is 5.95 Å². The van der Waals surface area contributed by atoms with Crippen LogP contribution in [0.3, 0.4) is 0 Å². The first kappa shape index (κ1) is 17.4. The number of hydrogen-bond acceptors (Lipinski definition) is 9. The summed E-state index contributed by atoms with van der Waals surface area (Å²) >= 11 is 1.55. The zero-order chi connectivity index (χ0) is 17.3. The number of hydrogen-bond donors (Lipinski definition) is 4. The zero-order valence-corrected chi connectivity index (χ0v) is 14.1. The molecule has 0 radical (unpaired) electrons. The van der Waals surface area contributed by atoms with Crippen LogP contribution in [-0.4, -0.2) is 65.5 Å². The topological polar surface area (TPSA) is 140 Å². The Kier molecular flexibility index (Phi) is 5.21. The largest absolute Gasteiger partial charge is 0.394 e. The molecule has 0 saturated carbocycles. The Labute approximate surface area is 142 Å². The summed E-state index contributed by atoms with van der Waals surface area (Å²) in [7, 11) is 0. The van der Waals surface area contributed by atoms with Crippen molar-refractivity contribution >= 4 is 28.9 Å². The minimum absolute atomic E-state index is 0.106. The Balaban J connectivity index is 1.95. The normalized spacial score (nSPS) is 27.2. The Morgan fingerprint density at radius 3 is 2.79 bits per heavy atom. The molecular formula is C14H21N5O4S. The molecule has 0 aliphatic carbocycles. The lowest BCUT2D eigenvalue weighted by molar-refractivity contribution is -0.0511. The van der Waals surface area contributed by atoms with Crippen molar-refractivity contribution in [3.05, 3.63) is 6.33 Å². The first-order valence-corrected chi connectivity index (χ1v) is 8.80. The number of imidazole rings is 1. The molecule has 3 heterocycles. The molecule has 10 heteroatoms. The van der Waals surface area contributed by atoms with Crippen LogP contribution in [0.5, 0.6) is 0 Å². The summed E-state index contributed by atoms with van der Waals surface area (Å²) < 4.78 is 7.05. The molecule has 1 aliphatic rings. The molecule has 9 nitrogen and oxygen atoms in total. The number of rotatable bonds is 6. The molecule has 0 aromatic carbocycles. The third kappa shape index (κ3) is 3.07. The van der Waals surface area contributed by atoms with Crippen molar-refractivity contribution in [2.75, 3.05) is 18.1 Å². The number of aromatic nitrogens is 4. The average molecular weight is 355 g/mol. The van der Waals surface area contributed by atoms with E-state index < -0.39 is 31.1 Å². The summed E-state index contributed by atoms with van der Waals surface area (Å²) in [5, 5.41) is 30.0. The van der Waals surface area contributed by atoms with E-state index in [1.165, 1.54) is 10.9 Å². The standard InChI is InChI=1S/C14H21N5O4S/c1-2-3-4-24-12-8-11(17-14(15)18-12)19(6-16-8)13-10(22)9(21)7(5-20)23-13/h6-7,9-10,13,20-22H,2-5H2,1H3,(H2,15,17,18)/t7-,9+,10+,13-/m0/s1. The van der Waals surface area contributed by atoms with Crippen LogP contribution in [0.4, 0.5) is 5.95 Å². The molecule has 0 spiro atoms. The van der Waals surface area contributed by atoms with Crippen LogP contribution in [0.1, 0.15) is 26.0 Å². The average Bonchev–Trinajstić information content (AvgIpc) is 3.10. The van der Waals surface area contributed by atoms with Crippen LogP contribution in [0.2, 0.25) is 0 Å². The first-order chi connectivity index (χ1) is 11.6. The van der Waals surface area contributed by atoms with Gasteiger partial charge in [0.15, 0.2) is 11.9 Å². The smallest absolute Gasteiger partial charge is 0.223 e. The molecule has 132 valence electrons. The fraction of sp³-hybridized carbons (Fsp3) is 0.643. The number of nitrogens with zero attached hydrogens (tertiary/aromatic N) is 4. The highest BCUT2D eigenvalue weighted by Crippen LogP contribution is 2.33. The van der Waals surface area contributed by atoms with E-state index in [2.05, 4.69) is 21.9 Å². The van der Waals surface area contributed by atoms with Crippen LogP contribution < -0.4 is 5.73 Å². The number of aliphatic hydroxyl groups is 3. The van der Waals surface area contributed by atoms with Crippen molar-refractivity contribution in [3.63, 3.8) is 0 Å². The van der Waals surface area contributed by atoms with Crippen LogP contribution >= 0.6 is 11.8 Å². The summed E-state index contributed by atoms with van der Waals surface area (Å²) in [6, 6.07) is 0. The van der Waals surface area contributed by atoms with Gasteiger partial charge in [-0.25, -0.2) is 9.97 Å². The lowest BCUT2D eigenvalue weighted by Gasteiger charge is -2.16. The van der Waals surface area contributed by atoms with Gasteiger partial charge in [-0.05, 0) is 12.2 Å².